The third kappa shape index (κ3) is 5.59. The summed E-state index contributed by atoms with van der Waals surface area (Å²) in [5.74, 6) is 1.70. The Morgan fingerprint density at radius 2 is 1.86 bits per heavy atom. The van der Waals surface area contributed by atoms with Crippen LogP contribution in [0.3, 0.4) is 0 Å². The lowest BCUT2D eigenvalue weighted by Gasteiger charge is -2.09. The van der Waals surface area contributed by atoms with E-state index in [1.165, 1.54) is 17.3 Å². The Kier molecular flexibility index (Phi) is 7.11. The Morgan fingerprint density at radius 3 is 2.54 bits per heavy atom. The molecule has 0 spiro atoms. The van der Waals surface area contributed by atoms with E-state index in [9.17, 15) is 4.79 Å². The second-order valence-corrected chi connectivity index (χ2v) is 7.95. The van der Waals surface area contributed by atoms with Crippen LogP contribution < -0.4 is 10.1 Å². The van der Waals surface area contributed by atoms with E-state index in [2.05, 4.69) is 31.4 Å². The molecule has 3 aromatic rings. The number of amides is 1. The summed E-state index contributed by atoms with van der Waals surface area (Å²) in [5.41, 5.74) is 1.95. The molecule has 8 heteroatoms. The van der Waals surface area contributed by atoms with E-state index in [4.69, 9.17) is 4.74 Å². The van der Waals surface area contributed by atoms with Gasteiger partial charge in [0.15, 0.2) is 11.0 Å². The van der Waals surface area contributed by atoms with Gasteiger partial charge in [0.25, 0.3) is 0 Å². The number of hydrogen-bond donors (Lipinski definition) is 1. The first-order valence-corrected chi connectivity index (χ1v) is 10.6. The molecule has 1 amide bonds. The predicted molar refractivity (Wildman–Crippen MR) is 115 cm³/mol. The predicted octanol–water partition coefficient (Wildman–Crippen LogP) is 4.68. The van der Waals surface area contributed by atoms with E-state index in [0.717, 1.165) is 21.7 Å². The highest BCUT2D eigenvalue weighted by molar-refractivity contribution is 9.10. The minimum Gasteiger partial charge on any atom is -0.486 e. The molecule has 3 rings (SSSR count). The van der Waals surface area contributed by atoms with Crippen molar-refractivity contribution >= 4 is 39.3 Å². The maximum atomic E-state index is 12.2. The number of aryl methyl sites for hydroxylation is 1. The summed E-state index contributed by atoms with van der Waals surface area (Å²) in [6, 6.07) is 15.3. The van der Waals surface area contributed by atoms with Crippen LogP contribution in [0.1, 0.15) is 18.3 Å². The second kappa shape index (κ2) is 9.75. The summed E-state index contributed by atoms with van der Waals surface area (Å²) in [4.78, 5) is 12.2. The molecule has 0 aliphatic carbocycles. The van der Waals surface area contributed by atoms with Crippen LogP contribution in [0, 0.1) is 6.92 Å². The first kappa shape index (κ1) is 20.4. The lowest BCUT2D eigenvalue weighted by atomic mass is 10.2. The fourth-order valence-electron chi connectivity index (χ4n) is 2.49. The number of carbonyl (C=O) groups excluding carboxylic acids is 1. The van der Waals surface area contributed by atoms with Crippen LogP contribution in [0.15, 0.2) is 58.2 Å². The molecule has 0 aliphatic heterocycles. The van der Waals surface area contributed by atoms with E-state index in [1.54, 1.807) is 0 Å². The molecule has 0 saturated carbocycles. The van der Waals surface area contributed by atoms with Crippen molar-refractivity contribution in [2.75, 3.05) is 11.1 Å². The van der Waals surface area contributed by atoms with Gasteiger partial charge in [-0.3, -0.25) is 4.79 Å². The van der Waals surface area contributed by atoms with Gasteiger partial charge in [-0.1, -0.05) is 45.4 Å². The van der Waals surface area contributed by atoms with Crippen LogP contribution in [0.4, 0.5) is 5.69 Å². The lowest BCUT2D eigenvalue weighted by Crippen LogP contribution is -2.14. The van der Waals surface area contributed by atoms with Gasteiger partial charge in [0.05, 0.1) is 5.75 Å². The minimum atomic E-state index is -0.0876. The standard InChI is InChI=1S/C20H21BrN4O2S/c1-3-25-18(12-27-17-10-4-14(2)5-11-17)23-24-20(25)28-13-19(26)22-16-8-6-15(21)7-9-16/h4-11H,3,12-13H2,1-2H3,(H,22,26). The smallest absolute Gasteiger partial charge is 0.234 e. The maximum Gasteiger partial charge on any atom is 0.234 e. The van der Waals surface area contributed by atoms with E-state index < -0.39 is 0 Å². The summed E-state index contributed by atoms with van der Waals surface area (Å²) in [5, 5.41) is 12.0. The highest BCUT2D eigenvalue weighted by atomic mass is 79.9. The van der Waals surface area contributed by atoms with Gasteiger partial charge in [0, 0.05) is 16.7 Å². The van der Waals surface area contributed by atoms with Crippen molar-refractivity contribution in [2.24, 2.45) is 0 Å². The summed E-state index contributed by atoms with van der Waals surface area (Å²) < 4.78 is 8.73. The van der Waals surface area contributed by atoms with Gasteiger partial charge in [0.2, 0.25) is 5.91 Å². The molecular formula is C20H21BrN4O2S. The van der Waals surface area contributed by atoms with Gasteiger partial charge < -0.3 is 14.6 Å². The Morgan fingerprint density at radius 1 is 1.14 bits per heavy atom. The molecule has 0 bridgehead atoms. The molecule has 1 heterocycles. The number of carbonyl (C=O) groups is 1. The Labute approximate surface area is 176 Å². The minimum absolute atomic E-state index is 0.0876. The molecule has 0 fully saturated rings. The van der Waals surface area contributed by atoms with Crippen LogP contribution >= 0.6 is 27.7 Å². The zero-order valence-electron chi connectivity index (χ0n) is 15.7. The molecule has 6 nitrogen and oxygen atoms in total. The molecule has 2 aromatic carbocycles. The monoisotopic (exact) mass is 460 g/mol. The van der Waals surface area contributed by atoms with Crippen molar-refractivity contribution in [3.8, 4) is 5.75 Å². The number of rotatable bonds is 8. The van der Waals surface area contributed by atoms with Gasteiger partial charge in [0.1, 0.15) is 12.4 Å². The summed E-state index contributed by atoms with van der Waals surface area (Å²) in [6.07, 6.45) is 0. The molecule has 0 saturated heterocycles. The third-order valence-corrected chi connectivity index (χ3v) is 5.45. The third-order valence-electron chi connectivity index (χ3n) is 3.96. The van der Waals surface area contributed by atoms with Crippen molar-refractivity contribution in [2.45, 2.75) is 32.2 Å². The number of thioether (sulfide) groups is 1. The van der Waals surface area contributed by atoms with Crippen molar-refractivity contribution in [1.29, 1.82) is 0 Å². The number of benzene rings is 2. The average Bonchev–Trinajstić information content (AvgIpc) is 3.09. The SMILES string of the molecule is CCn1c(COc2ccc(C)cc2)nnc1SCC(=O)Nc1ccc(Br)cc1. The second-order valence-electron chi connectivity index (χ2n) is 6.09. The average molecular weight is 461 g/mol. The van der Waals surface area contributed by atoms with E-state index in [-0.39, 0.29) is 11.7 Å². The molecule has 0 aliphatic rings. The van der Waals surface area contributed by atoms with Gasteiger partial charge in [-0.2, -0.15) is 0 Å². The van der Waals surface area contributed by atoms with Crippen molar-refractivity contribution < 1.29 is 9.53 Å². The quantitative estimate of drug-likeness (QED) is 0.494. The molecular weight excluding hydrogens is 440 g/mol. The fourth-order valence-corrected chi connectivity index (χ4v) is 3.58. The summed E-state index contributed by atoms with van der Waals surface area (Å²) >= 11 is 4.74. The van der Waals surface area contributed by atoms with Gasteiger partial charge >= 0.3 is 0 Å². The van der Waals surface area contributed by atoms with Gasteiger partial charge in [-0.15, -0.1) is 10.2 Å². The fraction of sp³-hybridized carbons (Fsp3) is 0.250. The summed E-state index contributed by atoms with van der Waals surface area (Å²) in [7, 11) is 0. The molecule has 146 valence electrons. The van der Waals surface area contributed by atoms with Crippen LogP contribution in [-0.2, 0) is 17.9 Å². The molecule has 1 aromatic heterocycles. The highest BCUT2D eigenvalue weighted by Gasteiger charge is 2.14. The molecule has 0 radical (unpaired) electrons. The van der Waals surface area contributed by atoms with Crippen LogP contribution in [-0.4, -0.2) is 26.4 Å². The van der Waals surface area contributed by atoms with E-state index in [0.29, 0.717) is 18.3 Å². The number of aromatic nitrogens is 3. The number of nitrogens with zero attached hydrogens (tertiary/aromatic N) is 3. The zero-order chi connectivity index (χ0) is 19.9. The maximum absolute atomic E-state index is 12.2. The van der Waals surface area contributed by atoms with Crippen LogP contribution in [0.5, 0.6) is 5.75 Å². The topological polar surface area (TPSA) is 69.0 Å². The van der Waals surface area contributed by atoms with Crippen LogP contribution in [0.2, 0.25) is 0 Å². The number of nitrogens with one attached hydrogen (secondary N) is 1. The number of anilines is 1. The normalized spacial score (nSPS) is 10.7. The Balaban J connectivity index is 1.56. The summed E-state index contributed by atoms with van der Waals surface area (Å²) in [6.45, 7) is 5.09. The molecule has 28 heavy (non-hydrogen) atoms. The Bertz CT molecular complexity index is 926. The number of hydrogen-bond acceptors (Lipinski definition) is 5. The van der Waals surface area contributed by atoms with E-state index in [1.807, 2.05) is 66.9 Å². The zero-order valence-corrected chi connectivity index (χ0v) is 18.1. The Hall–Kier alpha value is -2.32. The first-order valence-electron chi connectivity index (χ1n) is 8.85. The largest absolute Gasteiger partial charge is 0.486 e. The number of ether oxygens (including phenoxy) is 1. The van der Waals surface area contributed by atoms with Crippen molar-refractivity contribution in [3.05, 3.63) is 64.4 Å². The molecule has 0 unspecified atom stereocenters. The van der Waals surface area contributed by atoms with Gasteiger partial charge in [-0.05, 0) is 50.2 Å². The van der Waals surface area contributed by atoms with E-state index >= 15 is 0 Å². The number of halogens is 1. The molecule has 0 atom stereocenters. The molecule has 1 N–H and O–H groups in total. The van der Waals surface area contributed by atoms with Crippen molar-refractivity contribution in [1.82, 2.24) is 14.8 Å². The first-order chi connectivity index (χ1) is 13.5. The van der Waals surface area contributed by atoms with Crippen LogP contribution in [0.25, 0.3) is 0 Å². The highest BCUT2D eigenvalue weighted by Crippen LogP contribution is 2.20. The lowest BCUT2D eigenvalue weighted by molar-refractivity contribution is -0.113. The van der Waals surface area contributed by atoms with Gasteiger partial charge in [-0.25, -0.2) is 0 Å². The van der Waals surface area contributed by atoms with Crippen molar-refractivity contribution in [3.63, 3.8) is 0 Å².